The minimum Gasteiger partial charge on any atom is -0.476 e. The normalized spacial score (nSPS) is 12.1. The van der Waals surface area contributed by atoms with Crippen LogP contribution in [0, 0.1) is 19.3 Å². The zero-order valence-corrected chi connectivity index (χ0v) is 19.3. The van der Waals surface area contributed by atoms with E-state index >= 15 is 0 Å². The Morgan fingerprint density at radius 1 is 1.16 bits per heavy atom. The maximum Gasteiger partial charge on any atom is 0.266 e. The molecular weight excluding hydrogens is 418 g/mol. The molecule has 1 N–H and O–H groups in total. The molecule has 31 heavy (non-hydrogen) atoms. The van der Waals surface area contributed by atoms with Crippen molar-refractivity contribution >= 4 is 15.9 Å². The number of ether oxygens (including phenoxy) is 1. The molecule has 9 nitrogen and oxygen atoms in total. The Hall–Kier alpha value is -3.14. The molecular formula is C21H27N5O4S. The molecule has 0 aliphatic heterocycles. The van der Waals surface area contributed by atoms with Crippen molar-refractivity contribution in [3.63, 3.8) is 0 Å². The quantitative estimate of drug-likeness (QED) is 0.625. The van der Waals surface area contributed by atoms with Crippen LogP contribution in [0.15, 0.2) is 41.7 Å². The van der Waals surface area contributed by atoms with E-state index in [0.29, 0.717) is 29.6 Å². The summed E-state index contributed by atoms with van der Waals surface area (Å²) in [6, 6.07) is 4.86. The lowest BCUT2D eigenvalue weighted by molar-refractivity contribution is 0.0980. The number of pyridine rings is 1. The van der Waals surface area contributed by atoms with E-state index in [4.69, 9.17) is 4.74 Å². The summed E-state index contributed by atoms with van der Waals surface area (Å²) in [6.45, 7) is 10.0. The van der Waals surface area contributed by atoms with Crippen molar-refractivity contribution in [2.75, 3.05) is 6.61 Å². The molecule has 1 amide bonds. The average Bonchev–Trinajstić information content (AvgIpc) is 3.25. The highest BCUT2D eigenvalue weighted by atomic mass is 32.2. The molecule has 3 aromatic rings. The molecule has 0 radical (unpaired) electrons. The summed E-state index contributed by atoms with van der Waals surface area (Å²) in [6.07, 6.45) is 4.84. The largest absolute Gasteiger partial charge is 0.476 e. The molecule has 0 saturated heterocycles. The van der Waals surface area contributed by atoms with Gasteiger partial charge in [0.15, 0.2) is 5.82 Å². The summed E-state index contributed by atoms with van der Waals surface area (Å²) >= 11 is 0. The third-order valence-electron chi connectivity index (χ3n) is 4.39. The van der Waals surface area contributed by atoms with E-state index in [1.807, 2.05) is 0 Å². The number of amides is 1. The fraction of sp³-hybridized carbons (Fsp3) is 0.381. The smallest absolute Gasteiger partial charge is 0.266 e. The van der Waals surface area contributed by atoms with Gasteiger partial charge in [-0.3, -0.25) is 4.79 Å². The fourth-order valence-corrected chi connectivity index (χ4v) is 4.17. The lowest BCUT2D eigenvalue weighted by Gasteiger charge is -2.17. The number of carbonyl (C=O) groups excluding carboxylic acids is 1. The zero-order valence-electron chi connectivity index (χ0n) is 18.5. The second-order valence-corrected chi connectivity index (χ2v) is 10.3. The van der Waals surface area contributed by atoms with Gasteiger partial charge < -0.3 is 9.30 Å². The van der Waals surface area contributed by atoms with Crippen LogP contribution in [-0.4, -0.2) is 40.3 Å². The standard InChI is InChI=1S/C21H27N5O4S/c1-14-11-25(6)12-17(14)31(28,29)24-20(27)16-7-8-18(22-15(16)2)26-10-9-19(23-26)30-13-21(3,4)5/h7-12H,13H2,1-6H3,(H,24,27). The van der Waals surface area contributed by atoms with Crippen LogP contribution in [0.1, 0.15) is 42.4 Å². The van der Waals surface area contributed by atoms with E-state index in [1.165, 1.54) is 16.9 Å². The predicted octanol–water partition coefficient (Wildman–Crippen LogP) is 2.77. The van der Waals surface area contributed by atoms with Crippen molar-refractivity contribution < 1.29 is 17.9 Å². The number of sulfonamides is 1. The summed E-state index contributed by atoms with van der Waals surface area (Å²) in [4.78, 5) is 17.1. The Labute approximate surface area is 182 Å². The monoisotopic (exact) mass is 445 g/mol. The van der Waals surface area contributed by atoms with Crippen LogP contribution >= 0.6 is 0 Å². The summed E-state index contributed by atoms with van der Waals surface area (Å²) in [5.41, 5.74) is 1.10. The van der Waals surface area contributed by atoms with Crippen molar-refractivity contribution in [2.45, 2.75) is 39.5 Å². The third-order valence-corrected chi connectivity index (χ3v) is 5.85. The van der Waals surface area contributed by atoms with E-state index in [0.717, 1.165) is 0 Å². The summed E-state index contributed by atoms with van der Waals surface area (Å²) < 4.78 is 36.1. The number of nitrogens with one attached hydrogen (secondary N) is 1. The molecule has 0 atom stereocenters. The summed E-state index contributed by atoms with van der Waals surface area (Å²) in [5, 5.41) is 4.34. The first-order valence-electron chi connectivity index (χ1n) is 9.72. The van der Waals surface area contributed by atoms with Crippen LogP contribution < -0.4 is 9.46 Å². The fourth-order valence-electron chi connectivity index (χ4n) is 2.92. The lowest BCUT2D eigenvalue weighted by Crippen LogP contribution is -2.31. The van der Waals surface area contributed by atoms with Crippen molar-refractivity contribution in [1.29, 1.82) is 0 Å². The Morgan fingerprint density at radius 3 is 2.45 bits per heavy atom. The van der Waals surface area contributed by atoms with Gasteiger partial charge >= 0.3 is 0 Å². The second-order valence-electron chi connectivity index (χ2n) is 8.66. The molecule has 0 unspecified atom stereocenters. The minimum atomic E-state index is -3.99. The summed E-state index contributed by atoms with van der Waals surface area (Å²) in [7, 11) is -2.28. The van der Waals surface area contributed by atoms with E-state index < -0.39 is 15.9 Å². The van der Waals surface area contributed by atoms with Gasteiger partial charge in [-0.05, 0) is 37.0 Å². The number of carbonyl (C=O) groups is 1. The molecule has 3 heterocycles. The number of rotatable bonds is 6. The van der Waals surface area contributed by atoms with Gasteiger partial charge in [-0.25, -0.2) is 22.8 Å². The molecule has 166 valence electrons. The Bertz CT molecular complexity index is 1220. The number of nitrogens with zero attached hydrogens (tertiary/aromatic N) is 4. The minimum absolute atomic E-state index is 0.00620. The Balaban J connectivity index is 1.77. The first-order valence-corrected chi connectivity index (χ1v) is 11.2. The van der Waals surface area contributed by atoms with Gasteiger partial charge in [-0.1, -0.05) is 20.8 Å². The van der Waals surface area contributed by atoms with Crippen LogP contribution in [0.3, 0.4) is 0 Å². The van der Waals surface area contributed by atoms with Crippen molar-refractivity contribution in [3.8, 4) is 11.7 Å². The molecule has 0 bridgehead atoms. The first-order chi connectivity index (χ1) is 14.4. The highest BCUT2D eigenvalue weighted by Gasteiger charge is 2.23. The first kappa shape index (κ1) is 22.5. The SMILES string of the molecule is Cc1cn(C)cc1S(=O)(=O)NC(=O)c1ccc(-n2ccc(OCC(C)(C)C)n2)nc1C. The number of aromatic nitrogens is 4. The molecule has 0 aliphatic rings. The molecule has 0 spiro atoms. The zero-order chi connectivity index (χ0) is 23.0. The number of aryl methyl sites for hydroxylation is 3. The molecule has 0 saturated carbocycles. The molecule has 0 aliphatic carbocycles. The van der Waals surface area contributed by atoms with Crippen LogP contribution in [0.2, 0.25) is 0 Å². The van der Waals surface area contributed by atoms with Crippen LogP contribution in [0.25, 0.3) is 5.82 Å². The second kappa shape index (κ2) is 8.18. The van der Waals surface area contributed by atoms with Gasteiger partial charge in [0.25, 0.3) is 15.9 Å². The maximum absolute atomic E-state index is 12.6. The molecule has 0 fully saturated rings. The predicted molar refractivity (Wildman–Crippen MR) is 116 cm³/mol. The topological polar surface area (TPSA) is 108 Å². The highest BCUT2D eigenvalue weighted by Crippen LogP contribution is 2.19. The molecule has 0 aromatic carbocycles. The van der Waals surface area contributed by atoms with Crippen molar-refractivity contribution in [2.24, 2.45) is 12.5 Å². The lowest BCUT2D eigenvalue weighted by atomic mass is 9.99. The van der Waals surface area contributed by atoms with Crippen LogP contribution in [0.5, 0.6) is 5.88 Å². The van der Waals surface area contributed by atoms with Crippen LogP contribution in [-0.2, 0) is 17.1 Å². The van der Waals surface area contributed by atoms with E-state index in [-0.39, 0.29) is 15.9 Å². The number of hydrogen-bond donors (Lipinski definition) is 1. The van der Waals surface area contributed by atoms with Crippen molar-refractivity contribution in [3.05, 3.63) is 53.6 Å². The van der Waals surface area contributed by atoms with Gasteiger partial charge in [-0.15, -0.1) is 5.10 Å². The Kier molecular flexibility index (Phi) is 5.95. The van der Waals surface area contributed by atoms with Gasteiger partial charge in [0.2, 0.25) is 5.88 Å². The van der Waals surface area contributed by atoms with Gasteiger partial charge in [0, 0.05) is 31.7 Å². The van der Waals surface area contributed by atoms with Gasteiger partial charge in [-0.2, -0.15) is 0 Å². The van der Waals surface area contributed by atoms with E-state index in [9.17, 15) is 13.2 Å². The van der Waals surface area contributed by atoms with Gasteiger partial charge in [0.05, 0.1) is 17.9 Å². The van der Waals surface area contributed by atoms with E-state index in [2.05, 4.69) is 35.6 Å². The van der Waals surface area contributed by atoms with Crippen molar-refractivity contribution in [1.82, 2.24) is 24.1 Å². The maximum atomic E-state index is 12.6. The van der Waals surface area contributed by atoms with Crippen LogP contribution in [0.4, 0.5) is 0 Å². The Morgan fingerprint density at radius 2 is 1.87 bits per heavy atom. The van der Waals surface area contributed by atoms with E-state index in [1.54, 1.807) is 50.0 Å². The highest BCUT2D eigenvalue weighted by molar-refractivity contribution is 7.90. The average molecular weight is 446 g/mol. The molecule has 10 heteroatoms. The third kappa shape index (κ3) is 5.32. The molecule has 3 aromatic heterocycles. The summed E-state index contributed by atoms with van der Waals surface area (Å²) in [5.74, 6) is 0.219. The number of hydrogen-bond acceptors (Lipinski definition) is 6. The molecule has 3 rings (SSSR count). The van der Waals surface area contributed by atoms with Gasteiger partial charge in [0.1, 0.15) is 4.90 Å².